The molecule has 0 aliphatic heterocycles. The largest absolute Gasteiger partial charge is 0.497 e. The van der Waals surface area contributed by atoms with Crippen LogP contribution < -0.4 is 4.74 Å². The zero-order valence-electron chi connectivity index (χ0n) is 11.8. The Morgan fingerprint density at radius 1 is 1.24 bits per heavy atom. The highest BCUT2D eigenvalue weighted by molar-refractivity contribution is 6.30. The molecule has 21 heavy (non-hydrogen) atoms. The van der Waals surface area contributed by atoms with Crippen LogP contribution in [0.15, 0.2) is 42.5 Å². The SMILES string of the molecule is COc1ccc(/C(=C/c2cccc(Cl)c2)C(=O)O)c(C)c1. The van der Waals surface area contributed by atoms with E-state index in [1.807, 2.05) is 19.1 Å². The van der Waals surface area contributed by atoms with Crippen LogP contribution in [0.3, 0.4) is 0 Å². The number of aliphatic carboxylic acids is 1. The van der Waals surface area contributed by atoms with E-state index in [0.717, 1.165) is 11.1 Å². The molecule has 3 nitrogen and oxygen atoms in total. The fourth-order valence-corrected chi connectivity index (χ4v) is 2.28. The Labute approximate surface area is 128 Å². The topological polar surface area (TPSA) is 46.5 Å². The molecule has 0 unspecified atom stereocenters. The van der Waals surface area contributed by atoms with E-state index in [1.54, 1.807) is 43.5 Å². The number of carbonyl (C=O) groups is 1. The number of halogens is 1. The first-order chi connectivity index (χ1) is 10.0. The molecule has 0 aliphatic carbocycles. The Morgan fingerprint density at radius 2 is 2.00 bits per heavy atom. The summed E-state index contributed by atoms with van der Waals surface area (Å²) in [5.41, 5.74) is 2.46. The zero-order chi connectivity index (χ0) is 15.4. The zero-order valence-corrected chi connectivity index (χ0v) is 12.5. The number of aryl methyl sites for hydroxylation is 1. The summed E-state index contributed by atoms with van der Waals surface area (Å²) in [5.74, 6) is -0.285. The van der Waals surface area contributed by atoms with E-state index in [0.29, 0.717) is 16.3 Å². The molecule has 2 rings (SSSR count). The molecule has 0 heterocycles. The van der Waals surface area contributed by atoms with Gasteiger partial charge in [-0.2, -0.15) is 0 Å². The smallest absolute Gasteiger partial charge is 0.336 e. The molecule has 0 radical (unpaired) electrons. The maximum atomic E-state index is 11.6. The molecule has 2 aromatic carbocycles. The second-order valence-electron chi connectivity index (χ2n) is 4.60. The highest BCUT2D eigenvalue weighted by atomic mass is 35.5. The second kappa shape index (κ2) is 6.46. The summed E-state index contributed by atoms with van der Waals surface area (Å²) in [6.45, 7) is 1.85. The monoisotopic (exact) mass is 302 g/mol. The van der Waals surface area contributed by atoms with Crippen LogP contribution in [0.25, 0.3) is 11.6 Å². The Balaban J connectivity index is 2.51. The van der Waals surface area contributed by atoms with Gasteiger partial charge in [-0.25, -0.2) is 4.79 Å². The van der Waals surface area contributed by atoms with Gasteiger partial charge in [0.1, 0.15) is 5.75 Å². The van der Waals surface area contributed by atoms with Gasteiger partial charge >= 0.3 is 5.97 Å². The third kappa shape index (κ3) is 3.64. The number of ether oxygens (including phenoxy) is 1. The minimum atomic E-state index is -0.983. The minimum Gasteiger partial charge on any atom is -0.497 e. The third-order valence-corrected chi connectivity index (χ3v) is 3.35. The summed E-state index contributed by atoms with van der Waals surface area (Å²) in [6, 6.07) is 12.4. The summed E-state index contributed by atoms with van der Waals surface area (Å²) in [5, 5.41) is 10.0. The van der Waals surface area contributed by atoms with Crippen molar-refractivity contribution in [3.05, 3.63) is 64.2 Å². The lowest BCUT2D eigenvalue weighted by molar-refractivity contribution is -0.130. The maximum Gasteiger partial charge on any atom is 0.336 e. The lowest BCUT2D eigenvalue weighted by atomic mass is 9.98. The number of hydrogen-bond acceptors (Lipinski definition) is 2. The summed E-state index contributed by atoms with van der Waals surface area (Å²) in [6.07, 6.45) is 1.61. The minimum absolute atomic E-state index is 0.220. The normalized spacial score (nSPS) is 11.3. The number of benzene rings is 2. The Kier molecular flexibility index (Phi) is 4.66. The Morgan fingerprint density at radius 3 is 2.57 bits per heavy atom. The van der Waals surface area contributed by atoms with Crippen molar-refractivity contribution in [1.29, 1.82) is 0 Å². The van der Waals surface area contributed by atoms with Crippen LogP contribution in [0.2, 0.25) is 5.02 Å². The van der Waals surface area contributed by atoms with E-state index in [-0.39, 0.29) is 5.57 Å². The molecule has 0 amide bonds. The molecular formula is C17H15ClO3. The summed E-state index contributed by atoms with van der Waals surface area (Å²) < 4.78 is 5.14. The summed E-state index contributed by atoms with van der Waals surface area (Å²) >= 11 is 5.93. The molecule has 0 saturated heterocycles. The van der Waals surface area contributed by atoms with E-state index in [9.17, 15) is 9.90 Å². The van der Waals surface area contributed by atoms with Gasteiger partial charge in [0.05, 0.1) is 12.7 Å². The summed E-state index contributed by atoms with van der Waals surface area (Å²) in [4.78, 5) is 11.6. The fraction of sp³-hybridized carbons (Fsp3) is 0.118. The molecule has 0 atom stereocenters. The number of carboxylic acids is 1. The number of rotatable bonds is 4. The van der Waals surface area contributed by atoms with Crippen LogP contribution in [-0.2, 0) is 4.79 Å². The molecule has 0 bridgehead atoms. The van der Waals surface area contributed by atoms with Gasteiger partial charge in [-0.3, -0.25) is 0 Å². The van der Waals surface area contributed by atoms with Crippen molar-refractivity contribution in [1.82, 2.24) is 0 Å². The van der Waals surface area contributed by atoms with Crippen molar-refractivity contribution in [2.24, 2.45) is 0 Å². The fourth-order valence-electron chi connectivity index (χ4n) is 2.08. The van der Waals surface area contributed by atoms with Crippen LogP contribution in [0.4, 0.5) is 0 Å². The van der Waals surface area contributed by atoms with Gasteiger partial charge in [0, 0.05) is 5.02 Å². The lowest BCUT2D eigenvalue weighted by Crippen LogP contribution is -2.02. The van der Waals surface area contributed by atoms with Crippen molar-refractivity contribution >= 4 is 29.2 Å². The number of carboxylic acid groups (broad SMARTS) is 1. The predicted molar refractivity (Wildman–Crippen MR) is 84.7 cm³/mol. The van der Waals surface area contributed by atoms with Crippen LogP contribution in [0.1, 0.15) is 16.7 Å². The van der Waals surface area contributed by atoms with Crippen LogP contribution in [0.5, 0.6) is 5.75 Å². The standard InChI is InChI=1S/C17H15ClO3/c1-11-8-14(21-2)6-7-15(11)16(17(19)20)10-12-4-3-5-13(18)9-12/h3-10H,1-2H3,(H,19,20)/b16-10-. The molecule has 0 aliphatic rings. The molecule has 108 valence electrons. The first-order valence-corrected chi connectivity index (χ1v) is 6.74. The highest BCUT2D eigenvalue weighted by Gasteiger charge is 2.13. The molecule has 2 aromatic rings. The molecule has 0 spiro atoms. The van der Waals surface area contributed by atoms with Gasteiger partial charge in [0.15, 0.2) is 0 Å². The van der Waals surface area contributed by atoms with Gasteiger partial charge < -0.3 is 9.84 Å². The molecule has 0 aromatic heterocycles. The van der Waals surface area contributed by atoms with Gasteiger partial charge in [-0.05, 0) is 54.0 Å². The summed E-state index contributed by atoms with van der Waals surface area (Å²) in [7, 11) is 1.58. The molecule has 0 saturated carbocycles. The lowest BCUT2D eigenvalue weighted by Gasteiger charge is -2.09. The van der Waals surface area contributed by atoms with Crippen LogP contribution >= 0.6 is 11.6 Å². The van der Waals surface area contributed by atoms with E-state index in [2.05, 4.69) is 0 Å². The third-order valence-electron chi connectivity index (χ3n) is 3.11. The van der Waals surface area contributed by atoms with Crippen molar-refractivity contribution in [2.75, 3.05) is 7.11 Å². The van der Waals surface area contributed by atoms with Crippen molar-refractivity contribution in [3.63, 3.8) is 0 Å². The Hall–Kier alpha value is -2.26. The van der Waals surface area contributed by atoms with Gasteiger partial charge in [0.2, 0.25) is 0 Å². The average Bonchev–Trinajstić information content (AvgIpc) is 2.45. The first-order valence-electron chi connectivity index (χ1n) is 6.37. The van der Waals surface area contributed by atoms with Gasteiger partial charge in [0.25, 0.3) is 0 Å². The van der Waals surface area contributed by atoms with E-state index >= 15 is 0 Å². The number of methoxy groups -OCH3 is 1. The predicted octanol–water partition coefficient (Wildman–Crippen LogP) is 4.28. The van der Waals surface area contributed by atoms with Crippen LogP contribution in [0, 0.1) is 6.92 Å². The number of hydrogen-bond donors (Lipinski definition) is 1. The Bertz CT molecular complexity index is 705. The second-order valence-corrected chi connectivity index (χ2v) is 5.04. The molecule has 1 N–H and O–H groups in total. The molecule has 4 heteroatoms. The first kappa shape index (κ1) is 15.1. The van der Waals surface area contributed by atoms with E-state index < -0.39 is 5.97 Å². The van der Waals surface area contributed by atoms with Crippen molar-refractivity contribution in [3.8, 4) is 5.75 Å². The highest BCUT2D eigenvalue weighted by Crippen LogP contribution is 2.26. The van der Waals surface area contributed by atoms with E-state index in [1.165, 1.54) is 0 Å². The van der Waals surface area contributed by atoms with Gasteiger partial charge in [-0.15, -0.1) is 0 Å². The van der Waals surface area contributed by atoms with Crippen molar-refractivity contribution in [2.45, 2.75) is 6.92 Å². The average molecular weight is 303 g/mol. The van der Waals surface area contributed by atoms with Crippen LogP contribution in [-0.4, -0.2) is 18.2 Å². The molecular weight excluding hydrogens is 288 g/mol. The quantitative estimate of drug-likeness (QED) is 0.677. The maximum absolute atomic E-state index is 11.6. The molecule has 0 fully saturated rings. The van der Waals surface area contributed by atoms with E-state index in [4.69, 9.17) is 16.3 Å². The van der Waals surface area contributed by atoms with Gasteiger partial charge in [-0.1, -0.05) is 29.8 Å². The van der Waals surface area contributed by atoms with Crippen molar-refractivity contribution < 1.29 is 14.6 Å².